The number of nitrogens with zero attached hydrogens (tertiary/aromatic N) is 2. The van der Waals surface area contributed by atoms with Crippen LogP contribution in [0.1, 0.15) is 24.4 Å². The Balaban J connectivity index is 1.50. The summed E-state index contributed by atoms with van der Waals surface area (Å²) in [6, 6.07) is 9.98. The van der Waals surface area contributed by atoms with E-state index in [2.05, 4.69) is 21.3 Å². The highest BCUT2D eigenvalue weighted by Crippen LogP contribution is 2.38. The van der Waals surface area contributed by atoms with Gasteiger partial charge in [0.2, 0.25) is 5.91 Å². The van der Waals surface area contributed by atoms with E-state index in [1.54, 1.807) is 0 Å². The summed E-state index contributed by atoms with van der Waals surface area (Å²) in [5, 5.41) is 14.0. The summed E-state index contributed by atoms with van der Waals surface area (Å²) in [4.78, 5) is 19.3. The van der Waals surface area contributed by atoms with Crippen molar-refractivity contribution in [2.24, 2.45) is 5.92 Å². The van der Waals surface area contributed by atoms with Crippen LogP contribution in [0.5, 0.6) is 0 Å². The molecule has 2 heterocycles. The molecule has 26 heavy (non-hydrogen) atoms. The van der Waals surface area contributed by atoms with Gasteiger partial charge >= 0.3 is 0 Å². The Bertz CT molecular complexity index is 770. The first-order chi connectivity index (χ1) is 12.7. The minimum absolute atomic E-state index is 0.0199. The molecular formula is C20H25N3O3. The van der Waals surface area contributed by atoms with Crippen molar-refractivity contribution in [2.75, 3.05) is 32.8 Å². The number of pyridine rings is 1. The first-order valence-electron chi connectivity index (χ1n) is 9.31. The average molecular weight is 355 g/mol. The Hall–Kier alpha value is -2.02. The van der Waals surface area contributed by atoms with E-state index in [9.17, 15) is 9.90 Å². The SMILES string of the molecule is O=C(CN1CCOCC1)N[C@H](c1cnc2ccccc2c1)C1CC(O)C1. The molecule has 6 nitrogen and oxygen atoms in total. The fourth-order valence-corrected chi connectivity index (χ4v) is 3.82. The Kier molecular flexibility index (Phi) is 5.15. The van der Waals surface area contributed by atoms with E-state index in [4.69, 9.17) is 4.74 Å². The van der Waals surface area contributed by atoms with Crippen LogP contribution >= 0.6 is 0 Å². The van der Waals surface area contributed by atoms with Gasteiger partial charge in [0.1, 0.15) is 0 Å². The molecule has 1 aromatic heterocycles. The van der Waals surface area contributed by atoms with Crippen LogP contribution < -0.4 is 5.32 Å². The maximum atomic E-state index is 12.6. The van der Waals surface area contributed by atoms with Gasteiger partial charge in [-0.15, -0.1) is 0 Å². The number of hydrogen-bond donors (Lipinski definition) is 2. The molecule has 6 heteroatoms. The topological polar surface area (TPSA) is 74.7 Å². The van der Waals surface area contributed by atoms with Crippen molar-refractivity contribution in [1.82, 2.24) is 15.2 Å². The number of benzene rings is 1. The van der Waals surface area contributed by atoms with Crippen LogP contribution in [0.15, 0.2) is 36.5 Å². The van der Waals surface area contributed by atoms with Crippen molar-refractivity contribution in [3.63, 3.8) is 0 Å². The van der Waals surface area contributed by atoms with Gasteiger partial charge in [0.25, 0.3) is 0 Å². The molecule has 138 valence electrons. The molecule has 2 aliphatic rings. The molecule has 1 aliphatic heterocycles. The molecule has 1 atom stereocenters. The molecule has 2 fully saturated rings. The molecule has 1 saturated carbocycles. The summed E-state index contributed by atoms with van der Waals surface area (Å²) >= 11 is 0. The lowest BCUT2D eigenvalue weighted by atomic mass is 9.75. The number of aliphatic hydroxyl groups excluding tert-OH is 1. The highest BCUT2D eigenvalue weighted by atomic mass is 16.5. The lowest BCUT2D eigenvalue weighted by Gasteiger charge is -2.38. The summed E-state index contributed by atoms with van der Waals surface area (Å²) < 4.78 is 5.34. The van der Waals surface area contributed by atoms with E-state index in [0.29, 0.717) is 19.8 Å². The quantitative estimate of drug-likeness (QED) is 0.850. The summed E-state index contributed by atoms with van der Waals surface area (Å²) in [5.41, 5.74) is 1.96. The lowest BCUT2D eigenvalue weighted by Crippen LogP contribution is -2.47. The summed E-state index contributed by atoms with van der Waals surface area (Å²) in [5.74, 6) is 0.271. The molecule has 4 rings (SSSR count). The number of rotatable bonds is 5. The maximum Gasteiger partial charge on any atom is 0.234 e. The number of amides is 1. The summed E-state index contributed by atoms with van der Waals surface area (Å²) in [6.07, 6.45) is 3.03. The number of hydrogen-bond acceptors (Lipinski definition) is 5. The molecule has 1 aliphatic carbocycles. The van der Waals surface area contributed by atoms with Gasteiger partial charge in [-0.1, -0.05) is 18.2 Å². The molecule has 0 radical (unpaired) electrons. The van der Waals surface area contributed by atoms with Gasteiger partial charge in [0.15, 0.2) is 0 Å². The number of fused-ring (bicyclic) bond motifs is 1. The molecule has 0 bridgehead atoms. The van der Waals surface area contributed by atoms with Crippen molar-refractivity contribution in [3.05, 3.63) is 42.1 Å². The predicted molar refractivity (Wildman–Crippen MR) is 98.6 cm³/mol. The highest BCUT2D eigenvalue weighted by molar-refractivity contribution is 5.80. The van der Waals surface area contributed by atoms with Gasteiger partial charge in [0.05, 0.1) is 37.4 Å². The van der Waals surface area contributed by atoms with Crippen LogP contribution in [0.4, 0.5) is 0 Å². The molecule has 0 unspecified atom stereocenters. The van der Waals surface area contributed by atoms with Gasteiger partial charge in [-0.3, -0.25) is 14.7 Å². The molecule has 2 aromatic rings. The Morgan fingerprint density at radius 3 is 2.85 bits per heavy atom. The fraction of sp³-hybridized carbons (Fsp3) is 0.500. The Morgan fingerprint density at radius 2 is 2.08 bits per heavy atom. The van der Waals surface area contributed by atoms with E-state index >= 15 is 0 Å². The minimum Gasteiger partial charge on any atom is -0.393 e. The zero-order chi connectivity index (χ0) is 17.9. The summed E-state index contributed by atoms with van der Waals surface area (Å²) in [7, 11) is 0. The van der Waals surface area contributed by atoms with Gasteiger partial charge in [-0.2, -0.15) is 0 Å². The zero-order valence-corrected chi connectivity index (χ0v) is 14.8. The molecule has 1 aromatic carbocycles. The lowest BCUT2D eigenvalue weighted by molar-refractivity contribution is -0.125. The Labute approximate surface area is 153 Å². The van der Waals surface area contributed by atoms with E-state index in [1.165, 1.54) is 0 Å². The van der Waals surface area contributed by atoms with Crippen LogP contribution in [0.25, 0.3) is 10.9 Å². The van der Waals surface area contributed by atoms with Crippen LogP contribution in [-0.4, -0.2) is 59.8 Å². The third kappa shape index (κ3) is 3.87. The molecular weight excluding hydrogens is 330 g/mol. The number of morpholine rings is 1. The van der Waals surface area contributed by atoms with E-state index < -0.39 is 0 Å². The first kappa shape index (κ1) is 17.4. The van der Waals surface area contributed by atoms with Gasteiger partial charge in [0, 0.05) is 24.7 Å². The number of aromatic nitrogens is 1. The van der Waals surface area contributed by atoms with Crippen molar-refractivity contribution in [1.29, 1.82) is 0 Å². The smallest absolute Gasteiger partial charge is 0.234 e. The monoisotopic (exact) mass is 355 g/mol. The number of nitrogens with one attached hydrogen (secondary N) is 1. The average Bonchev–Trinajstić information content (AvgIpc) is 2.64. The van der Waals surface area contributed by atoms with Crippen molar-refractivity contribution >= 4 is 16.8 Å². The van der Waals surface area contributed by atoms with Crippen LogP contribution in [0.3, 0.4) is 0 Å². The first-order valence-corrected chi connectivity index (χ1v) is 9.31. The number of carbonyl (C=O) groups excluding carboxylic acids is 1. The van der Waals surface area contributed by atoms with Gasteiger partial charge in [-0.25, -0.2) is 0 Å². The predicted octanol–water partition coefficient (Wildman–Crippen LogP) is 1.50. The number of carbonyl (C=O) groups is 1. The Morgan fingerprint density at radius 1 is 1.31 bits per heavy atom. The van der Waals surface area contributed by atoms with Crippen LogP contribution in [-0.2, 0) is 9.53 Å². The van der Waals surface area contributed by atoms with Crippen molar-refractivity contribution in [3.8, 4) is 0 Å². The molecule has 1 amide bonds. The van der Waals surface area contributed by atoms with Gasteiger partial charge < -0.3 is 15.2 Å². The second-order valence-corrected chi connectivity index (χ2v) is 7.28. The van der Waals surface area contributed by atoms with E-state index in [-0.39, 0.29) is 24.0 Å². The minimum atomic E-state index is -0.257. The molecule has 0 spiro atoms. The fourth-order valence-electron chi connectivity index (χ4n) is 3.82. The third-order valence-corrected chi connectivity index (χ3v) is 5.38. The van der Waals surface area contributed by atoms with Gasteiger partial charge in [-0.05, 0) is 36.5 Å². The second-order valence-electron chi connectivity index (χ2n) is 7.28. The van der Waals surface area contributed by atoms with Crippen LogP contribution in [0.2, 0.25) is 0 Å². The number of ether oxygens (including phenoxy) is 1. The summed E-state index contributed by atoms with van der Waals surface area (Å²) in [6.45, 7) is 3.33. The van der Waals surface area contributed by atoms with Crippen LogP contribution in [0, 0.1) is 5.92 Å². The van der Waals surface area contributed by atoms with E-state index in [0.717, 1.165) is 42.4 Å². The normalized spacial score (nSPS) is 24.8. The zero-order valence-electron chi connectivity index (χ0n) is 14.8. The standard InChI is InChI=1S/C20H25N3O3/c24-17-10-15(11-17)20(22-19(25)13-23-5-7-26-8-6-23)16-9-14-3-1-2-4-18(14)21-12-16/h1-4,9,12,15,17,20,24H,5-8,10-11,13H2,(H,22,25)/t15?,17?,20-/m0/s1. The largest absolute Gasteiger partial charge is 0.393 e. The third-order valence-electron chi connectivity index (χ3n) is 5.38. The highest BCUT2D eigenvalue weighted by Gasteiger charge is 2.36. The maximum absolute atomic E-state index is 12.6. The molecule has 1 saturated heterocycles. The number of para-hydroxylation sites is 1. The molecule has 2 N–H and O–H groups in total. The second kappa shape index (κ2) is 7.70. The van der Waals surface area contributed by atoms with Crippen molar-refractivity contribution in [2.45, 2.75) is 25.0 Å². The van der Waals surface area contributed by atoms with E-state index in [1.807, 2.05) is 30.5 Å². The number of aliphatic hydroxyl groups is 1. The van der Waals surface area contributed by atoms with Crippen molar-refractivity contribution < 1.29 is 14.6 Å².